The third-order valence-corrected chi connectivity index (χ3v) is 1.10. The van der Waals surface area contributed by atoms with Crippen LogP contribution in [0.4, 0.5) is 0 Å². The third kappa shape index (κ3) is 3.57. The van der Waals surface area contributed by atoms with Gasteiger partial charge in [0.05, 0.1) is 7.11 Å². The van der Waals surface area contributed by atoms with Gasteiger partial charge in [-0.1, -0.05) is 0 Å². The quantitative estimate of drug-likeness (QED) is 0.499. The zero-order valence-electron chi connectivity index (χ0n) is 6.59. The molecule has 0 heterocycles. The minimum Gasteiger partial charge on any atom is -0.467 e. The van der Waals surface area contributed by atoms with Crippen LogP contribution in [-0.2, 0) is 14.3 Å². The monoisotopic (exact) mass is 160 g/mol. The minimum atomic E-state index is -0.725. The van der Waals surface area contributed by atoms with Gasteiger partial charge in [0, 0.05) is 13.5 Å². The first-order valence-corrected chi connectivity index (χ1v) is 3.16. The van der Waals surface area contributed by atoms with Crippen LogP contribution < -0.4 is 11.1 Å². The van der Waals surface area contributed by atoms with Crippen LogP contribution in [0.5, 0.6) is 0 Å². The van der Waals surface area contributed by atoms with E-state index in [9.17, 15) is 9.59 Å². The maximum Gasteiger partial charge on any atom is 0.329 e. The first-order chi connectivity index (χ1) is 5.11. The number of methoxy groups -OCH3 is 1. The second kappa shape index (κ2) is 4.68. The van der Waals surface area contributed by atoms with Crippen LogP contribution in [0.15, 0.2) is 0 Å². The highest BCUT2D eigenvalue weighted by molar-refractivity contribution is 5.83. The maximum absolute atomic E-state index is 10.8. The average Bonchev–Trinajstić information content (AvgIpc) is 1.98. The van der Waals surface area contributed by atoms with Crippen molar-refractivity contribution < 1.29 is 14.3 Å². The van der Waals surface area contributed by atoms with E-state index in [1.54, 1.807) is 0 Å². The Morgan fingerprint density at radius 2 is 2.18 bits per heavy atom. The molecule has 0 aromatic rings. The van der Waals surface area contributed by atoms with Crippen molar-refractivity contribution in [2.24, 2.45) is 5.73 Å². The summed E-state index contributed by atoms with van der Waals surface area (Å²) in [5.41, 5.74) is 5.18. The molecule has 11 heavy (non-hydrogen) atoms. The summed E-state index contributed by atoms with van der Waals surface area (Å²) in [5.74, 6) is -0.825. The fourth-order valence-corrected chi connectivity index (χ4v) is 0.602. The van der Waals surface area contributed by atoms with Gasteiger partial charge in [0.1, 0.15) is 6.04 Å². The Morgan fingerprint density at radius 1 is 1.64 bits per heavy atom. The highest BCUT2D eigenvalue weighted by Gasteiger charge is 2.17. The molecule has 0 aliphatic heterocycles. The third-order valence-electron chi connectivity index (χ3n) is 1.10. The summed E-state index contributed by atoms with van der Waals surface area (Å²) in [6.45, 7) is 1.36. The summed E-state index contributed by atoms with van der Waals surface area (Å²) in [4.78, 5) is 21.2. The smallest absolute Gasteiger partial charge is 0.329 e. The summed E-state index contributed by atoms with van der Waals surface area (Å²) in [6.07, 6.45) is 0. The standard InChI is InChI=1S/C6H12N2O3/c1-4(9)8-5(3-7)6(10)11-2/h5H,3,7H2,1-2H3,(H,8,9). The van der Waals surface area contributed by atoms with Gasteiger partial charge in [-0.2, -0.15) is 0 Å². The van der Waals surface area contributed by atoms with Gasteiger partial charge in [0.2, 0.25) is 5.91 Å². The average molecular weight is 160 g/mol. The van der Waals surface area contributed by atoms with Crippen molar-refractivity contribution in [3.05, 3.63) is 0 Å². The SMILES string of the molecule is COC(=O)C(CN)NC(C)=O. The number of carbonyl (C=O) groups is 2. The Balaban J connectivity index is 3.94. The summed E-state index contributed by atoms with van der Waals surface area (Å²) in [7, 11) is 1.24. The fourth-order valence-electron chi connectivity index (χ4n) is 0.602. The summed E-state index contributed by atoms with van der Waals surface area (Å²) < 4.78 is 4.37. The van der Waals surface area contributed by atoms with Gasteiger partial charge in [-0.3, -0.25) is 4.79 Å². The number of hydrogen-bond acceptors (Lipinski definition) is 4. The van der Waals surface area contributed by atoms with E-state index in [2.05, 4.69) is 10.1 Å². The predicted molar refractivity (Wildman–Crippen MR) is 38.7 cm³/mol. The molecule has 0 aromatic carbocycles. The molecule has 3 N–H and O–H groups in total. The molecule has 0 aliphatic rings. The molecule has 0 bridgehead atoms. The largest absolute Gasteiger partial charge is 0.467 e. The van der Waals surface area contributed by atoms with E-state index in [0.717, 1.165) is 0 Å². The second-order valence-electron chi connectivity index (χ2n) is 2.01. The molecule has 1 atom stereocenters. The predicted octanol–water partition coefficient (Wildman–Crippen LogP) is -1.38. The second-order valence-corrected chi connectivity index (χ2v) is 2.01. The molecule has 0 fully saturated rings. The number of carbonyl (C=O) groups excluding carboxylic acids is 2. The number of hydrogen-bond donors (Lipinski definition) is 2. The highest BCUT2D eigenvalue weighted by Crippen LogP contribution is 1.84. The van der Waals surface area contributed by atoms with Gasteiger partial charge >= 0.3 is 5.97 Å². The number of ether oxygens (including phenoxy) is 1. The van der Waals surface area contributed by atoms with Gasteiger partial charge in [-0.25, -0.2) is 4.79 Å². The van der Waals surface area contributed by atoms with Crippen LogP contribution in [0.3, 0.4) is 0 Å². The lowest BCUT2D eigenvalue weighted by Gasteiger charge is -2.11. The molecule has 5 nitrogen and oxygen atoms in total. The van der Waals surface area contributed by atoms with Gasteiger partial charge < -0.3 is 15.8 Å². The number of nitrogens with one attached hydrogen (secondary N) is 1. The lowest BCUT2D eigenvalue weighted by molar-refractivity contribution is -0.144. The Hall–Kier alpha value is -1.10. The maximum atomic E-state index is 10.8. The number of nitrogens with two attached hydrogens (primary N) is 1. The van der Waals surface area contributed by atoms with E-state index in [4.69, 9.17) is 5.73 Å². The number of amides is 1. The number of rotatable bonds is 3. The molecule has 0 aliphatic carbocycles. The van der Waals surface area contributed by atoms with E-state index in [-0.39, 0.29) is 12.5 Å². The molecule has 1 unspecified atom stereocenters. The van der Waals surface area contributed by atoms with Crippen LogP contribution in [0, 0.1) is 0 Å². The van der Waals surface area contributed by atoms with Crippen molar-refractivity contribution in [3.8, 4) is 0 Å². The first kappa shape index (κ1) is 9.90. The molecule has 0 saturated heterocycles. The van der Waals surface area contributed by atoms with E-state index in [0.29, 0.717) is 0 Å². The minimum absolute atomic E-state index is 0.0479. The Bertz CT molecular complexity index is 158. The molecule has 0 saturated carbocycles. The van der Waals surface area contributed by atoms with E-state index in [1.165, 1.54) is 14.0 Å². The summed E-state index contributed by atoms with van der Waals surface area (Å²) in [6, 6.07) is -0.725. The Labute approximate surface area is 64.9 Å². The van der Waals surface area contributed by atoms with Gasteiger partial charge in [-0.05, 0) is 0 Å². The van der Waals surface area contributed by atoms with Crippen molar-refractivity contribution in [1.29, 1.82) is 0 Å². The van der Waals surface area contributed by atoms with Crippen LogP contribution in [0.25, 0.3) is 0 Å². The van der Waals surface area contributed by atoms with E-state index < -0.39 is 12.0 Å². The normalized spacial score (nSPS) is 11.9. The number of esters is 1. The van der Waals surface area contributed by atoms with Crippen molar-refractivity contribution in [3.63, 3.8) is 0 Å². The molecule has 64 valence electrons. The summed E-state index contributed by atoms with van der Waals surface area (Å²) in [5, 5.41) is 2.34. The molecular weight excluding hydrogens is 148 g/mol. The van der Waals surface area contributed by atoms with Crippen LogP contribution in [-0.4, -0.2) is 31.6 Å². The highest BCUT2D eigenvalue weighted by atomic mass is 16.5. The summed E-state index contributed by atoms with van der Waals surface area (Å²) >= 11 is 0. The molecule has 0 spiro atoms. The molecule has 0 aromatic heterocycles. The Kier molecular flexibility index (Phi) is 4.21. The zero-order chi connectivity index (χ0) is 8.85. The van der Waals surface area contributed by atoms with Gasteiger partial charge in [-0.15, -0.1) is 0 Å². The van der Waals surface area contributed by atoms with Crippen LogP contribution >= 0.6 is 0 Å². The van der Waals surface area contributed by atoms with Crippen LogP contribution in [0.1, 0.15) is 6.92 Å². The molecular formula is C6H12N2O3. The lowest BCUT2D eigenvalue weighted by atomic mass is 10.3. The molecule has 5 heteroatoms. The van der Waals surface area contributed by atoms with Crippen molar-refractivity contribution in [1.82, 2.24) is 5.32 Å². The topological polar surface area (TPSA) is 81.4 Å². The van der Waals surface area contributed by atoms with E-state index >= 15 is 0 Å². The molecule has 0 rings (SSSR count). The lowest BCUT2D eigenvalue weighted by Crippen LogP contribution is -2.45. The first-order valence-electron chi connectivity index (χ1n) is 3.16. The van der Waals surface area contributed by atoms with Gasteiger partial charge in [0.15, 0.2) is 0 Å². The van der Waals surface area contributed by atoms with E-state index in [1.807, 2.05) is 0 Å². The van der Waals surface area contributed by atoms with Crippen LogP contribution in [0.2, 0.25) is 0 Å². The zero-order valence-corrected chi connectivity index (χ0v) is 6.59. The molecule has 0 radical (unpaired) electrons. The fraction of sp³-hybridized carbons (Fsp3) is 0.667. The Morgan fingerprint density at radius 3 is 2.45 bits per heavy atom. The van der Waals surface area contributed by atoms with Crippen molar-refractivity contribution in [2.45, 2.75) is 13.0 Å². The van der Waals surface area contributed by atoms with Crippen molar-refractivity contribution >= 4 is 11.9 Å². The molecule has 1 amide bonds. The van der Waals surface area contributed by atoms with Crippen molar-refractivity contribution in [2.75, 3.05) is 13.7 Å². The van der Waals surface area contributed by atoms with Gasteiger partial charge in [0.25, 0.3) is 0 Å².